The van der Waals surface area contributed by atoms with Crippen molar-refractivity contribution in [1.29, 1.82) is 0 Å². The maximum atomic E-state index is 6.08. The van der Waals surface area contributed by atoms with Crippen molar-refractivity contribution in [1.82, 2.24) is 0 Å². The minimum absolute atomic E-state index is 0.583. The van der Waals surface area contributed by atoms with E-state index in [4.69, 9.17) is 5.73 Å². The highest BCUT2D eigenvalue weighted by Gasteiger charge is 2.52. The van der Waals surface area contributed by atoms with Gasteiger partial charge in [-0.2, -0.15) is 0 Å². The van der Waals surface area contributed by atoms with Gasteiger partial charge in [0.05, 0.1) is 0 Å². The van der Waals surface area contributed by atoms with E-state index in [0.29, 0.717) is 6.04 Å². The second-order valence-corrected chi connectivity index (χ2v) is 4.82. The van der Waals surface area contributed by atoms with Gasteiger partial charge in [-0.15, -0.1) is 0 Å². The molecule has 62 valence electrons. The second-order valence-electron chi connectivity index (χ2n) is 4.82. The highest BCUT2D eigenvalue weighted by atomic mass is 14.7. The molecule has 1 nitrogen and oxygen atoms in total. The predicted octanol–water partition coefficient (Wildman–Crippen LogP) is 1.77. The Hall–Kier alpha value is -0.0400. The summed E-state index contributed by atoms with van der Waals surface area (Å²) >= 11 is 0. The van der Waals surface area contributed by atoms with E-state index in [9.17, 15) is 0 Å². The Bertz CT molecular complexity index is 178. The molecule has 0 unspecified atom stereocenters. The van der Waals surface area contributed by atoms with Gasteiger partial charge in [0.1, 0.15) is 0 Å². The molecule has 0 spiro atoms. The van der Waals surface area contributed by atoms with E-state index < -0.39 is 0 Å². The van der Waals surface area contributed by atoms with Gasteiger partial charge in [0.2, 0.25) is 0 Å². The summed E-state index contributed by atoms with van der Waals surface area (Å²) in [5.41, 5.74) is 6.08. The van der Waals surface area contributed by atoms with Crippen molar-refractivity contribution in [3.05, 3.63) is 0 Å². The molecular formula is C10H17N. The lowest BCUT2D eigenvalue weighted by atomic mass is 9.79. The summed E-state index contributed by atoms with van der Waals surface area (Å²) in [5, 5.41) is 0. The first-order chi connectivity index (χ1) is 5.36. The Labute approximate surface area is 68.3 Å². The Morgan fingerprint density at radius 1 is 0.909 bits per heavy atom. The van der Waals surface area contributed by atoms with Crippen molar-refractivity contribution in [2.24, 2.45) is 29.4 Å². The maximum absolute atomic E-state index is 6.08. The molecule has 0 radical (unpaired) electrons. The van der Waals surface area contributed by atoms with Crippen LogP contribution in [0.15, 0.2) is 0 Å². The summed E-state index contributed by atoms with van der Waals surface area (Å²) in [5.74, 6) is 4.15. The first-order valence-corrected chi connectivity index (χ1v) is 5.12. The highest BCUT2D eigenvalue weighted by Crippen LogP contribution is 2.58. The molecule has 3 fully saturated rings. The molecule has 2 bridgehead atoms. The van der Waals surface area contributed by atoms with Crippen molar-refractivity contribution in [2.75, 3.05) is 0 Å². The third-order valence-electron chi connectivity index (χ3n) is 4.48. The van der Waals surface area contributed by atoms with Crippen LogP contribution in [-0.4, -0.2) is 6.04 Å². The van der Waals surface area contributed by atoms with E-state index in [2.05, 4.69) is 0 Å². The summed E-state index contributed by atoms with van der Waals surface area (Å²) in [7, 11) is 0. The van der Waals surface area contributed by atoms with Crippen LogP contribution in [-0.2, 0) is 0 Å². The van der Waals surface area contributed by atoms with Crippen LogP contribution in [0.3, 0.4) is 0 Å². The quantitative estimate of drug-likeness (QED) is 0.561. The number of fused-ring (bicyclic) bond motifs is 5. The van der Waals surface area contributed by atoms with Gasteiger partial charge in [0.25, 0.3) is 0 Å². The van der Waals surface area contributed by atoms with Crippen molar-refractivity contribution >= 4 is 0 Å². The SMILES string of the molecule is N[C@H]1C[C@H]2C[C@@H]1[C@@H]1CCC[C@@H]21. The Morgan fingerprint density at radius 3 is 2.64 bits per heavy atom. The van der Waals surface area contributed by atoms with E-state index in [1.54, 1.807) is 0 Å². The normalized spacial score (nSPS) is 60.3. The fourth-order valence-corrected chi connectivity index (χ4v) is 4.12. The molecule has 0 saturated heterocycles. The monoisotopic (exact) mass is 151 g/mol. The lowest BCUT2D eigenvalue weighted by Crippen LogP contribution is -2.34. The van der Waals surface area contributed by atoms with E-state index >= 15 is 0 Å². The van der Waals surface area contributed by atoms with Crippen molar-refractivity contribution in [2.45, 2.75) is 38.1 Å². The number of hydrogen-bond donors (Lipinski definition) is 1. The molecule has 3 saturated carbocycles. The average molecular weight is 151 g/mol. The Balaban J connectivity index is 1.90. The summed E-state index contributed by atoms with van der Waals surface area (Å²) < 4.78 is 0. The van der Waals surface area contributed by atoms with E-state index in [1.807, 2.05) is 0 Å². The van der Waals surface area contributed by atoms with E-state index in [0.717, 1.165) is 23.7 Å². The van der Waals surface area contributed by atoms with E-state index in [-0.39, 0.29) is 0 Å². The minimum atomic E-state index is 0.583. The molecule has 0 heterocycles. The zero-order valence-corrected chi connectivity index (χ0v) is 7.00. The fourth-order valence-electron chi connectivity index (χ4n) is 4.12. The van der Waals surface area contributed by atoms with Gasteiger partial charge < -0.3 is 5.73 Å². The van der Waals surface area contributed by atoms with Crippen LogP contribution in [0.5, 0.6) is 0 Å². The molecular weight excluding hydrogens is 134 g/mol. The summed E-state index contributed by atoms with van der Waals surface area (Å²) in [6.07, 6.45) is 7.36. The predicted molar refractivity (Wildman–Crippen MR) is 45.0 cm³/mol. The lowest BCUT2D eigenvalue weighted by molar-refractivity contribution is 0.234. The maximum Gasteiger partial charge on any atom is 0.00727 e. The number of nitrogens with two attached hydrogens (primary N) is 1. The Kier molecular flexibility index (Phi) is 1.18. The molecule has 0 aromatic rings. The topological polar surface area (TPSA) is 26.0 Å². The molecule has 0 aromatic carbocycles. The molecule has 3 rings (SSSR count). The largest absolute Gasteiger partial charge is 0.327 e. The molecule has 0 aromatic heterocycles. The highest BCUT2D eigenvalue weighted by molar-refractivity contribution is 5.04. The molecule has 5 atom stereocenters. The van der Waals surface area contributed by atoms with Crippen LogP contribution in [0.2, 0.25) is 0 Å². The van der Waals surface area contributed by atoms with Gasteiger partial charge in [-0.3, -0.25) is 0 Å². The third kappa shape index (κ3) is 0.703. The van der Waals surface area contributed by atoms with Crippen molar-refractivity contribution in [3.63, 3.8) is 0 Å². The zero-order chi connectivity index (χ0) is 7.42. The van der Waals surface area contributed by atoms with Crippen LogP contribution in [0.1, 0.15) is 32.1 Å². The van der Waals surface area contributed by atoms with Crippen LogP contribution in [0.4, 0.5) is 0 Å². The first kappa shape index (κ1) is 6.47. The zero-order valence-electron chi connectivity index (χ0n) is 7.00. The van der Waals surface area contributed by atoms with E-state index in [1.165, 1.54) is 32.1 Å². The van der Waals surface area contributed by atoms with Gasteiger partial charge in [-0.1, -0.05) is 6.42 Å². The molecule has 11 heavy (non-hydrogen) atoms. The van der Waals surface area contributed by atoms with Gasteiger partial charge >= 0.3 is 0 Å². The second kappa shape index (κ2) is 2.01. The fraction of sp³-hybridized carbons (Fsp3) is 1.00. The summed E-state index contributed by atoms with van der Waals surface area (Å²) in [4.78, 5) is 0. The average Bonchev–Trinajstić information content (AvgIpc) is 2.52. The molecule has 0 aliphatic heterocycles. The summed E-state index contributed by atoms with van der Waals surface area (Å²) in [6.45, 7) is 0. The van der Waals surface area contributed by atoms with Gasteiger partial charge in [0.15, 0.2) is 0 Å². The molecule has 0 amide bonds. The number of hydrogen-bond acceptors (Lipinski definition) is 1. The van der Waals surface area contributed by atoms with Gasteiger partial charge in [-0.05, 0) is 49.4 Å². The van der Waals surface area contributed by atoms with Crippen LogP contribution >= 0.6 is 0 Å². The van der Waals surface area contributed by atoms with Gasteiger partial charge in [-0.25, -0.2) is 0 Å². The lowest BCUT2D eigenvalue weighted by Gasteiger charge is -2.28. The minimum Gasteiger partial charge on any atom is -0.327 e. The van der Waals surface area contributed by atoms with Crippen LogP contribution in [0, 0.1) is 23.7 Å². The molecule has 3 aliphatic carbocycles. The van der Waals surface area contributed by atoms with Gasteiger partial charge in [0, 0.05) is 6.04 Å². The molecule has 2 N–H and O–H groups in total. The van der Waals surface area contributed by atoms with Crippen LogP contribution < -0.4 is 5.73 Å². The number of rotatable bonds is 0. The molecule has 1 heteroatoms. The first-order valence-electron chi connectivity index (χ1n) is 5.12. The third-order valence-corrected chi connectivity index (χ3v) is 4.48. The van der Waals surface area contributed by atoms with Crippen molar-refractivity contribution < 1.29 is 0 Å². The summed E-state index contributed by atoms with van der Waals surface area (Å²) in [6, 6.07) is 0.583. The smallest absolute Gasteiger partial charge is 0.00727 e. The van der Waals surface area contributed by atoms with Crippen LogP contribution in [0.25, 0.3) is 0 Å². The standard InChI is InChI=1S/C10H17N/c11-10-5-6-4-9(10)8-3-1-2-7(6)8/h6-10H,1-5,11H2/t6-,7+,8-,9-,10+/m1/s1. The van der Waals surface area contributed by atoms with Crippen molar-refractivity contribution in [3.8, 4) is 0 Å². The molecule has 3 aliphatic rings. The Morgan fingerprint density at radius 2 is 1.73 bits per heavy atom.